The summed E-state index contributed by atoms with van der Waals surface area (Å²) in [7, 11) is 2.11. The number of hydrogen-bond donors (Lipinski definition) is 0. The molecule has 0 bridgehead atoms. The molecule has 0 heterocycles. The summed E-state index contributed by atoms with van der Waals surface area (Å²) in [5, 5.41) is 0. The van der Waals surface area contributed by atoms with Crippen molar-refractivity contribution >= 4 is 9.28 Å². The molecule has 1 unspecified atom stereocenters. The average Bonchev–Trinajstić information content (AvgIpc) is 2.21. The molecule has 0 saturated carbocycles. The highest BCUT2D eigenvalue weighted by Gasteiger charge is 2.34. The van der Waals surface area contributed by atoms with E-state index in [1.54, 1.807) is 14.2 Å². The van der Waals surface area contributed by atoms with Gasteiger partial charge in [-0.25, -0.2) is 0 Å². The van der Waals surface area contributed by atoms with Crippen LogP contribution in [0.2, 0.25) is 5.54 Å². The van der Waals surface area contributed by atoms with E-state index >= 15 is 0 Å². The Kier molecular flexibility index (Phi) is 8.33. The van der Waals surface area contributed by atoms with Crippen LogP contribution in [0.25, 0.3) is 0 Å². The Balaban J connectivity index is 4.21. The second-order valence-corrected chi connectivity index (χ2v) is 8.15. The topological polar surface area (TPSA) is 18.5 Å². The van der Waals surface area contributed by atoms with Gasteiger partial charge < -0.3 is 8.85 Å². The predicted octanol–water partition coefficient (Wildman–Crippen LogP) is 3.89. The van der Waals surface area contributed by atoms with E-state index in [2.05, 4.69) is 27.7 Å². The first-order chi connectivity index (χ1) is 7.47. The summed E-state index contributed by atoms with van der Waals surface area (Å²) in [4.78, 5) is 0. The van der Waals surface area contributed by atoms with Crippen LogP contribution < -0.4 is 0 Å². The number of rotatable bonds is 8. The summed E-state index contributed by atoms with van der Waals surface area (Å²) in [6.07, 6.45) is 6.56. The Morgan fingerprint density at radius 2 is 1.56 bits per heavy atom. The van der Waals surface area contributed by atoms with Crippen LogP contribution in [0.5, 0.6) is 0 Å². The van der Waals surface area contributed by atoms with Crippen LogP contribution in [0.3, 0.4) is 0 Å². The third-order valence-electron chi connectivity index (χ3n) is 3.27. The zero-order chi connectivity index (χ0) is 12.6. The highest BCUT2D eigenvalue weighted by atomic mass is 28.3. The molecule has 2 nitrogen and oxygen atoms in total. The fourth-order valence-electron chi connectivity index (χ4n) is 2.19. The molecule has 0 N–H and O–H groups in total. The molecule has 0 rings (SSSR count). The normalized spacial score (nSPS) is 14.4. The van der Waals surface area contributed by atoms with Gasteiger partial charge in [-0.05, 0) is 11.8 Å². The molecule has 0 aromatic heterocycles. The first-order valence-electron chi connectivity index (χ1n) is 6.53. The molecule has 0 saturated heterocycles. The molecule has 0 radical (unpaired) electrons. The largest absolute Gasteiger partial charge is 0.400 e. The van der Waals surface area contributed by atoms with Gasteiger partial charge >= 0.3 is 9.28 Å². The highest BCUT2D eigenvalue weighted by Crippen LogP contribution is 2.38. The van der Waals surface area contributed by atoms with Crippen molar-refractivity contribution in [2.75, 3.05) is 14.2 Å². The van der Waals surface area contributed by atoms with Crippen LogP contribution in [0.4, 0.5) is 0 Å². The maximum atomic E-state index is 5.56. The van der Waals surface area contributed by atoms with E-state index in [0.717, 1.165) is 0 Å². The van der Waals surface area contributed by atoms with Crippen molar-refractivity contribution in [1.82, 2.24) is 0 Å². The van der Waals surface area contributed by atoms with E-state index in [-0.39, 0.29) is 0 Å². The van der Waals surface area contributed by atoms with Crippen LogP contribution in [0.1, 0.15) is 59.8 Å². The van der Waals surface area contributed by atoms with E-state index in [4.69, 9.17) is 8.85 Å². The lowest BCUT2D eigenvalue weighted by atomic mass is 9.88. The minimum Gasteiger partial charge on any atom is -0.400 e. The minimum absolute atomic E-state index is 0.301. The molecule has 98 valence electrons. The highest BCUT2D eigenvalue weighted by molar-refractivity contribution is 6.46. The van der Waals surface area contributed by atoms with Crippen LogP contribution in [-0.2, 0) is 8.85 Å². The summed E-state index contributed by atoms with van der Waals surface area (Å²) in [6.45, 7) is 9.16. The Morgan fingerprint density at radius 1 is 1.00 bits per heavy atom. The molecule has 0 aliphatic rings. The molecule has 0 aromatic rings. The predicted molar refractivity (Wildman–Crippen MR) is 73.1 cm³/mol. The quantitative estimate of drug-likeness (QED) is 0.478. The van der Waals surface area contributed by atoms with Crippen molar-refractivity contribution in [3.63, 3.8) is 0 Å². The van der Waals surface area contributed by atoms with Crippen molar-refractivity contribution in [3.8, 4) is 0 Å². The van der Waals surface area contributed by atoms with Crippen LogP contribution >= 0.6 is 0 Å². The third kappa shape index (κ3) is 6.02. The monoisotopic (exact) mass is 246 g/mol. The number of unbranched alkanes of at least 4 members (excludes halogenated alkanes) is 3. The van der Waals surface area contributed by atoms with Crippen molar-refractivity contribution in [3.05, 3.63) is 0 Å². The van der Waals surface area contributed by atoms with Gasteiger partial charge in [0.15, 0.2) is 0 Å². The van der Waals surface area contributed by atoms with Crippen molar-refractivity contribution in [2.24, 2.45) is 5.41 Å². The Labute approximate surface area is 104 Å². The standard InChI is InChI=1S/C13H30O2Si/c1-7-8-9-10-11-12(13(2,3)4)16(14-5)15-6/h12,16H,7-11H2,1-6H3. The zero-order valence-electron chi connectivity index (χ0n) is 12.0. The second kappa shape index (κ2) is 8.26. The van der Waals surface area contributed by atoms with Gasteiger partial charge in [0, 0.05) is 19.8 Å². The van der Waals surface area contributed by atoms with Gasteiger partial charge in [-0.2, -0.15) is 0 Å². The first-order valence-corrected chi connectivity index (χ1v) is 8.13. The maximum Gasteiger partial charge on any atom is 0.324 e. The van der Waals surface area contributed by atoms with Gasteiger partial charge in [-0.15, -0.1) is 0 Å². The fourth-order valence-corrected chi connectivity index (χ4v) is 4.37. The van der Waals surface area contributed by atoms with Gasteiger partial charge in [0.05, 0.1) is 0 Å². The van der Waals surface area contributed by atoms with Crippen molar-refractivity contribution in [1.29, 1.82) is 0 Å². The minimum atomic E-state index is -1.48. The second-order valence-electron chi connectivity index (χ2n) is 5.66. The summed E-state index contributed by atoms with van der Waals surface area (Å²) in [6, 6.07) is 0. The van der Waals surface area contributed by atoms with E-state index in [1.807, 2.05) is 0 Å². The van der Waals surface area contributed by atoms with Gasteiger partial charge in [0.1, 0.15) is 0 Å². The summed E-state index contributed by atoms with van der Waals surface area (Å²) >= 11 is 0. The summed E-state index contributed by atoms with van der Waals surface area (Å²) < 4.78 is 11.1. The smallest absolute Gasteiger partial charge is 0.324 e. The van der Waals surface area contributed by atoms with Crippen LogP contribution in [0.15, 0.2) is 0 Å². The lowest BCUT2D eigenvalue weighted by Gasteiger charge is -2.34. The Bertz CT molecular complexity index is 162. The molecule has 1 atom stereocenters. The molecule has 0 fully saturated rings. The summed E-state index contributed by atoms with van der Waals surface area (Å²) in [5.41, 5.74) is 0.911. The zero-order valence-corrected chi connectivity index (χ0v) is 13.2. The molecular formula is C13H30O2Si. The molecule has 0 aromatic carbocycles. The Hall–Kier alpha value is 0.137. The maximum absolute atomic E-state index is 5.56. The molecule has 0 aliphatic heterocycles. The van der Waals surface area contributed by atoms with E-state index in [9.17, 15) is 0 Å². The van der Waals surface area contributed by atoms with Crippen LogP contribution in [0, 0.1) is 5.41 Å². The lowest BCUT2D eigenvalue weighted by molar-refractivity contribution is 0.220. The van der Waals surface area contributed by atoms with E-state index in [0.29, 0.717) is 11.0 Å². The molecule has 0 amide bonds. The average molecular weight is 246 g/mol. The van der Waals surface area contributed by atoms with Gasteiger partial charge in [0.2, 0.25) is 0 Å². The fraction of sp³-hybridized carbons (Fsp3) is 1.00. The Morgan fingerprint density at radius 3 is 1.94 bits per heavy atom. The van der Waals surface area contributed by atoms with Crippen molar-refractivity contribution < 1.29 is 8.85 Å². The first kappa shape index (κ1) is 16.1. The number of hydrogen-bond acceptors (Lipinski definition) is 2. The van der Waals surface area contributed by atoms with Gasteiger partial charge in [-0.3, -0.25) is 0 Å². The molecule has 0 spiro atoms. The molecular weight excluding hydrogens is 216 g/mol. The third-order valence-corrected chi connectivity index (χ3v) is 6.19. The molecule has 16 heavy (non-hydrogen) atoms. The van der Waals surface area contributed by atoms with E-state index in [1.165, 1.54) is 32.1 Å². The van der Waals surface area contributed by atoms with Crippen LogP contribution in [-0.4, -0.2) is 23.5 Å². The molecule has 0 aliphatic carbocycles. The van der Waals surface area contributed by atoms with Gasteiger partial charge in [0.25, 0.3) is 0 Å². The molecule has 3 heteroatoms. The summed E-state index contributed by atoms with van der Waals surface area (Å²) in [5.74, 6) is 0. The SMILES string of the molecule is CCCCCCC([SiH](OC)OC)C(C)(C)C. The van der Waals surface area contributed by atoms with E-state index < -0.39 is 9.28 Å². The lowest BCUT2D eigenvalue weighted by Crippen LogP contribution is -2.34. The van der Waals surface area contributed by atoms with Crippen molar-refractivity contribution in [2.45, 2.75) is 65.3 Å². The van der Waals surface area contributed by atoms with Gasteiger partial charge in [-0.1, -0.05) is 53.4 Å².